The van der Waals surface area contributed by atoms with Gasteiger partial charge in [-0.3, -0.25) is 0 Å². The molecule has 0 saturated heterocycles. The van der Waals surface area contributed by atoms with Crippen LogP contribution in [0.25, 0.3) is 42.7 Å². The number of aromatic nitrogens is 1. The number of hydrogen-bond acceptors (Lipinski definition) is 3. The minimum absolute atomic E-state index is 0.0464. The monoisotopic (exact) mass is 473 g/mol. The van der Waals surface area contributed by atoms with Crippen molar-refractivity contribution in [1.29, 1.82) is 0 Å². The minimum atomic E-state index is 0.0464. The Bertz CT molecular complexity index is 1710. The van der Waals surface area contributed by atoms with E-state index in [4.69, 9.17) is 5.73 Å². The number of thiophene rings is 1. The quantitative estimate of drug-likeness (QED) is 0.278. The highest BCUT2D eigenvalue weighted by Gasteiger charge is 2.28. The Labute approximate surface area is 208 Å². The largest absolute Gasteiger partial charge is 0.388 e. The van der Waals surface area contributed by atoms with E-state index in [0.717, 1.165) is 18.5 Å². The highest BCUT2D eigenvalue weighted by Crippen LogP contribution is 2.44. The molecule has 7 rings (SSSR count). The molecule has 2 aliphatic carbocycles. The number of anilines is 1. The molecule has 3 aromatic carbocycles. The van der Waals surface area contributed by atoms with Gasteiger partial charge in [0.2, 0.25) is 0 Å². The molecule has 0 saturated carbocycles. The molecule has 4 heteroatoms. The molecule has 2 aromatic heterocycles. The van der Waals surface area contributed by atoms with E-state index in [2.05, 4.69) is 101 Å². The predicted molar refractivity (Wildman–Crippen MR) is 152 cm³/mol. The number of rotatable bonds is 3. The summed E-state index contributed by atoms with van der Waals surface area (Å²) < 4.78 is 5.19. The molecule has 0 spiro atoms. The van der Waals surface area contributed by atoms with Crippen LogP contribution in [-0.4, -0.2) is 11.6 Å². The van der Waals surface area contributed by atoms with Gasteiger partial charge in [-0.1, -0.05) is 60.7 Å². The molecule has 2 heterocycles. The van der Waals surface area contributed by atoms with E-state index in [9.17, 15) is 0 Å². The van der Waals surface area contributed by atoms with Crippen LogP contribution in [0.15, 0.2) is 85.0 Å². The van der Waals surface area contributed by atoms with E-state index < -0.39 is 0 Å². The summed E-state index contributed by atoms with van der Waals surface area (Å²) in [5.41, 5.74) is 14.3. The third-order valence-corrected chi connectivity index (χ3v) is 8.68. The highest BCUT2D eigenvalue weighted by molar-refractivity contribution is 7.25. The van der Waals surface area contributed by atoms with Crippen molar-refractivity contribution >= 4 is 59.7 Å². The van der Waals surface area contributed by atoms with E-state index in [1.54, 1.807) is 0 Å². The number of hydrogen-bond donors (Lipinski definition) is 2. The molecule has 172 valence electrons. The van der Waals surface area contributed by atoms with E-state index in [-0.39, 0.29) is 12.1 Å². The lowest BCUT2D eigenvalue weighted by Crippen LogP contribution is -2.17. The molecule has 35 heavy (non-hydrogen) atoms. The van der Waals surface area contributed by atoms with Gasteiger partial charge in [-0.25, -0.2) is 0 Å². The van der Waals surface area contributed by atoms with Gasteiger partial charge in [-0.15, -0.1) is 11.3 Å². The van der Waals surface area contributed by atoms with Crippen LogP contribution in [0.2, 0.25) is 0 Å². The zero-order chi connectivity index (χ0) is 23.5. The van der Waals surface area contributed by atoms with Gasteiger partial charge < -0.3 is 15.6 Å². The van der Waals surface area contributed by atoms with Gasteiger partial charge in [0.05, 0.1) is 6.04 Å². The molecule has 5 aromatic rings. The SMILES string of the molecule is CNc1ccc2c(c1)sc1cc(C3=CC=CCC3n3c4c(c5ccccc53)C(N)CC=C4)ccc12. The molecule has 3 nitrogen and oxygen atoms in total. The van der Waals surface area contributed by atoms with Crippen molar-refractivity contribution in [2.75, 3.05) is 12.4 Å². The van der Waals surface area contributed by atoms with Crippen LogP contribution < -0.4 is 11.1 Å². The standard InChI is InChI=1S/C31H27N3S/c1-33-20-14-16-23-22-15-13-19(17-29(22)35-30(23)18-20)21-7-2-4-10-26(21)34-27-11-5-3-8-24(27)31-25(32)9-6-12-28(31)34/h2-8,11-18,25-26,33H,9-10,32H2,1H3. The fraction of sp³-hybridized carbons (Fsp3) is 0.161. The summed E-state index contributed by atoms with van der Waals surface area (Å²) in [5.74, 6) is 0. The maximum atomic E-state index is 6.62. The van der Waals surface area contributed by atoms with E-state index in [0.29, 0.717) is 0 Å². The average molecular weight is 474 g/mol. The number of allylic oxidation sites excluding steroid dienone is 4. The fourth-order valence-corrected chi connectivity index (χ4v) is 7.10. The van der Waals surface area contributed by atoms with E-state index in [1.165, 1.54) is 53.5 Å². The van der Waals surface area contributed by atoms with Crippen molar-refractivity contribution in [3.63, 3.8) is 0 Å². The second kappa shape index (κ2) is 7.98. The summed E-state index contributed by atoms with van der Waals surface area (Å²) in [6.45, 7) is 0. The van der Waals surface area contributed by atoms with Crippen molar-refractivity contribution in [3.05, 3.63) is 102 Å². The smallest absolute Gasteiger partial charge is 0.0632 e. The van der Waals surface area contributed by atoms with Gasteiger partial charge in [-0.2, -0.15) is 0 Å². The molecule has 0 radical (unpaired) electrons. The highest BCUT2D eigenvalue weighted by atomic mass is 32.1. The van der Waals surface area contributed by atoms with Gasteiger partial charge in [0.15, 0.2) is 0 Å². The first-order valence-electron chi connectivity index (χ1n) is 12.3. The summed E-state index contributed by atoms with van der Waals surface area (Å²) >= 11 is 1.87. The zero-order valence-corrected chi connectivity index (χ0v) is 20.5. The Balaban J connectivity index is 1.40. The van der Waals surface area contributed by atoms with Crippen molar-refractivity contribution in [1.82, 2.24) is 4.57 Å². The van der Waals surface area contributed by atoms with Crippen LogP contribution >= 0.6 is 11.3 Å². The normalized spacial score (nSPS) is 19.4. The lowest BCUT2D eigenvalue weighted by Gasteiger charge is -2.27. The molecule has 0 amide bonds. The molecule has 2 atom stereocenters. The van der Waals surface area contributed by atoms with Crippen molar-refractivity contribution in [2.45, 2.75) is 24.9 Å². The van der Waals surface area contributed by atoms with Crippen LogP contribution in [0.1, 0.15) is 41.7 Å². The molecule has 2 unspecified atom stereocenters. The van der Waals surface area contributed by atoms with Gasteiger partial charge in [0, 0.05) is 61.1 Å². The minimum Gasteiger partial charge on any atom is -0.388 e. The van der Waals surface area contributed by atoms with Crippen molar-refractivity contribution in [3.8, 4) is 0 Å². The number of benzene rings is 3. The molecule has 3 N–H and O–H groups in total. The zero-order valence-electron chi connectivity index (χ0n) is 19.7. The lowest BCUT2D eigenvalue weighted by molar-refractivity contribution is 0.629. The molecule has 0 bridgehead atoms. The van der Waals surface area contributed by atoms with E-state index in [1.807, 2.05) is 18.4 Å². The van der Waals surface area contributed by atoms with Crippen LogP contribution in [0, 0.1) is 0 Å². The number of nitrogens with two attached hydrogens (primary N) is 1. The molecular weight excluding hydrogens is 446 g/mol. The molecule has 0 aliphatic heterocycles. The summed E-state index contributed by atoms with van der Waals surface area (Å²) in [7, 11) is 1.97. The second-order valence-electron chi connectivity index (χ2n) is 9.51. The van der Waals surface area contributed by atoms with Gasteiger partial charge in [-0.05, 0) is 54.3 Å². The maximum Gasteiger partial charge on any atom is 0.0632 e. The predicted octanol–water partition coefficient (Wildman–Crippen LogP) is 8.05. The Morgan fingerprint density at radius 1 is 0.914 bits per heavy atom. The Morgan fingerprint density at radius 2 is 1.74 bits per heavy atom. The van der Waals surface area contributed by atoms with Gasteiger partial charge >= 0.3 is 0 Å². The fourth-order valence-electron chi connectivity index (χ4n) is 5.91. The topological polar surface area (TPSA) is 43.0 Å². The summed E-state index contributed by atoms with van der Waals surface area (Å²) in [5, 5.41) is 7.21. The summed E-state index contributed by atoms with van der Waals surface area (Å²) in [4.78, 5) is 0. The van der Waals surface area contributed by atoms with Gasteiger partial charge in [0.1, 0.15) is 0 Å². The van der Waals surface area contributed by atoms with Crippen LogP contribution in [-0.2, 0) is 0 Å². The Hall–Kier alpha value is -3.60. The first-order valence-corrected chi connectivity index (χ1v) is 13.1. The van der Waals surface area contributed by atoms with Crippen molar-refractivity contribution in [2.24, 2.45) is 5.73 Å². The molecule has 0 fully saturated rings. The van der Waals surface area contributed by atoms with E-state index >= 15 is 0 Å². The number of fused-ring (bicyclic) bond motifs is 6. The van der Waals surface area contributed by atoms with Crippen LogP contribution in [0.5, 0.6) is 0 Å². The number of nitrogens with one attached hydrogen (secondary N) is 1. The van der Waals surface area contributed by atoms with Crippen LogP contribution in [0.3, 0.4) is 0 Å². The number of nitrogens with zero attached hydrogens (tertiary/aromatic N) is 1. The molecular formula is C31H27N3S. The lowest BCUT2D eigenvalue weighted by atomic mass is 9.91. The third kappa shape index (κ3) is 3.14. The first-order chi connectivity index (χ1) is 17.2. The van der Waals surface area contributed by atoms with Crippen LogP contribution in [0.4, 0.5) is 5.69 Å². The number of para-hydroxylation sites is 1. The summed E-state index contributed by atoms with van der Waals surface area (Å²) in [6, 6.07) is 22.7. The summed E-state index contributed by atoms with van der Waals surface area (Å²) in [6.07, 6.45) is 13.2. The van der Waals surface area contributed by atoms with Crippen molar-refractivity contribution < 1.29 is 0 Å². The Kier molecular flexibility index (Phi) is 4.73. The Morgan fingerprint density at radius 3 is 2.63 bits per heavy atom. The second-order valence-corrected chi connectivity index (χ2v) is 10.6. The third-order valence-electron chi connectivity index (χ3n) is 7.56. The average Bonchev–Trinajstić information content (AvgIpc) is 3.43. The first kappa shape index (κ1) is 20.7. The van der Waals surface area contributed by atoms with Gasteiger partial charge in [0.25, 0.3) is 0 Å². The molecule has 2 aliphatic rings. The maximum absolute atomic E-state index is 6.62.